The van der Waals surface area contributed by atoms with Crippen molar-refractivity contribution in [1.82, 2.24) is 15.5 Å². The number of terminal acetylenes is 1. The van der Waals surface area contributed by atoms with E-state index in [1.165, 1.54) is 0 Å². The van der Waals surface area contributed by atoms with Gasteiger partial charge in [-0.2, -0.15) is 0 Å². The maximum atomic E-state index is 11.4. The summed E-state index contributed by atoms with van der Waals surface area (Å²) >= 11 is 0. The van der Waals surface area contributed by atoms with Gasteiger partial charge >= 0.3 is 0 Å². The third kappa shape index (κ3) is 5.68. The van der Waals surface area contributed by atoms with Crippen LogP contribution in [0.5, 0.6) is 0 Å². The van der Waals surface area contributed by atoms with Gasteiger partial charge in [0.1, 0.15) is 0 Å². The highest BCUT2D eigenvalue weighted by molar-refractivity contribution is 5.78. The minimum Gasteiger partial charge on any atom is -0.374 e. The molecule has 5 nitrogen and oxygen atoms in total. The van der Waals surface area contributed by atoms with Crippen molar-refractivity contribution in [2.75, 3.05) is 45.9 Å². The predicted molar refractivity (Wildman–Crippen MR) is 66.6 cm³/mol. The van der Waals surface area contributed by atoms with Crippen molar-refractivity contribution in [3.63, 3.8) is 0 Å². The van der Waals surface area contributed by atoms with Gasteiger partial charge in [0, 0.05) is 19.6 Å². The molecule has 1 unspecified atom stereocenters. The Morgan fingerprint density at radius 3 is 3.18 bits per heavy atom. The zero-order valence-corrected chi connectivity index (χ0v) is 10.4. The number of carbonyl (C=O) groups is 1. The molecule has 2 N–H and O–H groups in total. The van der Waals surface area contributed by atoms with E-state index in [2.05, 4.69) is 28.4 Å². The van der Waals surface area contributed by atoms with E-state index in [1.807, 2.05) is 0 Å². The first-order chi connectivity index (χ1) is 8.26. The van der Waals surface area contributed by atoms with Gasteiger partial charge in [0.2, 0.25) is 5.91 Å². The molecule has 0 bridgehead atoms. The van der Waals surface area contributed by atoms with Gasteiger partial charge in [-0.05, 0) is 6.54 Å². The van der Waals surface area contributed by atoms with Crippen molar-refractivity contribution in [3.8, 4) is 12.3 Å². The molecule has 1 heterocycles. The number of likely N-dealkylation sites (N-methyl/N-ethyl adjacent to an activating group) is 1. The number of rotatable bonds is 6. The smallest absolute Gasteiger partial charge is 0.234 e. The molecule has 1 aliphatic heterocycles. The average molecular weight is 239 g/mol. The number of hydrogen-bond acceptors (Lipinski definition) is 4. The Labute approximate surface area is 103 Å². The number of ether oxygens (including phenoxy) is 1. The first kappa shape index (κ1) is 14.0. The minimum atomic E-state index is -0.0440. The maximum Gasteiger partial charge on any atom is 0.234 e. The minimum absolute atomic E-state index is 0.0440. The molecule has 0 radical (unpaired) electrons. The first-order valence-corrected chi connectivity index (χ1v) is 6.01. The van der Waals surface area contributed by atoms with Gasteiger partial charge in [0.15, 0.2) is 0 Å². The van der Waals surface area contributed by atoms with Crippen molar-refractivity contribution in [3.05, 3.63) is 0 Å². The van der Waals surface area contributed by atoms with Gasteiger partial charge in [-0.25, -0.2) is 0 Å². The normalized spacial score (nSPS) is 20.8. The second-order valence-corrected chi connectivity index (χ2v) is 4.00. The Morgan fingerprint density at radius 1 is 1.65 bits per heavy atom. The number of nitrogens with zero attached hydrogens (tertiary/aromatic N) is 1. The molecule has 1 amide bonds. The highest BCUT2D eigenvalue weighted by Gasteiger charge is 2.19. The summed E-state index contributed by atoms with van der Waals surface area (Å²) in [5, 5.41) is 5.68. The molecule has 0 saturated carbocycles. The van der Waals surface area contributed by atoms with Gasteiger partial charge in [0.25, 0.3) is 0 Å². The largest absolute Gasteiger partial charge is 0.374 e. The van der Waals surface area contributed by atoms with Crippen LogP contribution in [0.15, 0.2) is 0 Å². The molecule has 0 aliphatic carbocycles. The van der Waals surface area contributed by atoms with Crippen LogP contribution in [0.2, 0.25) is 0 Å². The van der Waals surface area contributed by atoms with E-state index in [4.69, 9.17) is 11.2 Å². The van der Waals surface area contributed by atoms with Crippen LogP contribution < -0.4 is 10.6 Å². The SMILES string of the molecule is C#CCNCC(=O)NCC1CN(CC)CCO1. The second-order valence-electron chi connectivity index (χ2n) is 4.00. The van der Waals surface area contributed by atoms with E-state index in [0.29, 0.717) is 13.1 Å². The lowest BCUT2D eigenvalue weighted by Crippen LogP contribution is -2.48. The van der Waals surface area contributed by atoms with Crippen LogP contribution in [0.4, 0.5) is 0 Å². The Kier molecular flexibility index (Phi) is 6.63. The molecule has 0 aromatic carbocycles. The van der Waals surface area contributed by atoms with Crippen molar-refractivity contribution < 1.29 is 9.53 Å². The molecule has 0 spiro atoms. The maximum absolute atomic E-state index is 11.4. The van der Waals surface area contributed by atoms with Crippen molar-refractivity contribution in [2.45, 2.75) is 13.0 Å². The Morgan fingerprint density at radius 2 is 2.47 bits per heavy atom. The first-order valence-electron chi connectivity index (χ1n) is 6.01. The zero-order chi connectivity index (χ0) is 12.5. The number of amides is 1. The van der Waals surface area contributed by atoms with Crippen molar-refractivity contribution in [2.24, 2.45) is 0 Å². The standard InChI is InChI=1S/C12H21N3O2/c1-3-5-13-9-12(16)14-8-11-10-15(4-2)6-7-17-11/h1,11,13H,4-10H2,2H3,(H,14,16). The summed E-state index contributed by atoms with van der Waals surface area (Å²) in [5.41, 5.74) is 0. The number of carbonyl (C=O) groups excluding carboxylic acids is 1. The molecule has 17 heavy (non-hydrogen) atoms. The summed E-state index contributed by atoms with van der Waals surface area (Å²) in [7, 11) is 0. The average Bonchev–Trinajstić information content (AvgIpc) is 2.37. The monoisotopic (exact) mass is 239 g/mol. The fourth-order valence-electron chi connectivity index (χ4n) is 1.73. The second kappa shape index (κ2) is 8.07. The highest BCUT2D eigenvalue weighted by Crippen LogP contribution is 2.03. The molecule has 96 valence electrons. The summed E-state index contributed by atoms with van der Waals surface area (Å²) in [6.07, 6.45) is 5.16. The molecule has 0 aromatic heterocycles. The lowest BCUT2D eigenvalue weighted by molar-refractivity contribution is -0.121. The van der Waals surface area contributed by atoms with Crippen molar-refractivity contribution in [1.29, 1.82) is 0 Å². The molecule has 1 atom stereocenters. The molecule has 5 heteroatoms. The molecule has 1 saturated heterocycles. The van der Waals surface area contributed by atoms with E-state index in [1.54, 1.807) is 0 Å². The van der Waals surface area contributed by atoms with Crippen LogP contribution in [-0.2, 0) is 9.53 Å². The topological polar surface area (TPSA) is 53.6 Å². The Hall–Kier alpha value is -1.09. The highest BCUT2D eigenvalue weighted by atomic mass is 16.5. The zero-order valence-electron chi connectivity index (χ0n) is 10.4. The van der Waals surface area contributed by atoms with Gasteiger partial charge < -0.3 is 10.1 Å². The summed E-state index contributed by atoms with van der Waals surface area (Å²) < 4.78 is 5.58. The van der Waals surface area contributed by atoms with Gasteiger partial charge in [-0.15, -0.1) is 6.42 Å². The predicted octanol–water partition coefficient (Wildman–Crippen LogP) is -0.954. The number of nitrogens with one attached hydrogen (secondary N) is 2. The third-order valence-corrected chi connectivity index (χ3v) is 2.71. The van der Waals surface area contributed by atoms with Gasteiger partial charge in [-0.3, -0.25) is 15.0 Å². The van der Waals surface area contributed by atoms with Crippen LogP contribution in [-0.4, -0.2) is 62.8 Å². The van der Waals surface area contributed by atoms with Gasteiger partial charge in [0.05, 0.1) is 25.8 Å². The summed E-state index contributed by atoms with van der Waals surface area (Å²) in [5.74, 6) is 2.38. The molecule has 0 aromatic rings. The molecule has 1 aliphatic rings. The quantitative estimate of drug-likeness (QED) is 0.463. The van der Waals surface area contributed by atoms with E-state index < -0.39 is 0 Å². The lowest BCUT2D eigenvalue weighted by Gasteiger charge is -2.32. The van der Waals surface area contributed by atoms with Crippen molar-refractivity contribution >= 4 is 5.91 Å². The summed E-state index contributed by atoms with van der Waals surface area (Å²) in [6.45, 7) is 6.99. The van der Waals surface area contributed by atoms with Crippen LogP contribution in [0.1, 0.15) is 6.92 Å². The van der Waals surface area contributed by atoms with Gasteiger partial charge in [-0.1, -0.05) is 12.8 Å². The van der Waals surface area contributed by atoms with Crippen LogP contribution in [0.3, 0.4) is 0 Å². The summed E-state index contributed by atoms with van der Waals surface area (Å²) in [6, 6.07) is 0. The molecule has 1 rings (SSSR count). The van der Waals surface area contributed by atoms with E-state index in [-0.39, 0.29) is 18.6 Å². The molecular weight excluding hydrogens is 218 g/mol. The van der Waals surface area contributed by atoms with Crippen LogP contribution in [0.25, 0.3) is 0 Å². The lowest BCUT2D eigenvalue weighted by atomic mass is 10.2. The van der Waals surface area contributed by atoms with E-state index in [9.17, 15) is 4.79 Å². The van der Waals surface area contributed by atoms with E-state index in [0.717, 1.165) is 26.2 Å². The number of hydrogen-bond donors (Lipinski definition) is 2. The molecular formula is C12H21N3O2. The fourth-order valence-corrected chi connectivity index (χ4v) is 1.73. The Balaban J connectivity index is 2.12. The number of morpholine rings is 1. The van der Waals surface area contributed by atoms with E-state index >= 15 is 0 Å². The fraction of sp³-hybridized carbons (Fsp3) is 0.750. The third-order valence-electron chi connectivity index (χ3n) is 2.71. The summed E-state index contributed by atoms with van der Waals surface area (Å²) in [4.78, 5) is 13.7. The van der Waals surface area contributed by atoms with Crippen LogP contribution in [0, 0.1) is 12.3 Å². The molecule has 1 fully saturated rings. The Bertz CT molecular complexity index is 275. The van der Waals surface area contributed by atoms with Crippen LogP contribution >= 0.6 is 0 Å².